The maximum absolute atomic E-state index is 11.5. The van der Waals surface area contributed by atoms with Crippen molar-refractivity contribution in [3.8, 4) is 0 Å². The molecule has 0 aromatic heterocycles. The lowest BCUT2D eigenvalue weighted by molar-refractivity contribution is -0.120. The minimum atomic E-state index is -0.0560. The summed E-state index contributed by atoms with van der Waals surface area (Å²) in [7, 11) is 1.77. The number of aryl methyl sites for hydroxylation is 2. The highest BCUT2D eigenvalue weighted by Gasteiger charge is 2.23. The summed E-state index contributed by atoms with van der Waals surface area (Å²) >= 11 is 0. The Morgan fingerprint density at radius 1 is 1.28 bits per heavy atom. The smallest absolute Gasteiger partial charge is 0.233 e. The monoisotopic (exact) mass is 248 g/mol. The average molecular weight is 248 g/mol. The van der Waals surface area contributed by atoms with Crippen molar-refractivity contribution in [3.63, 3.8) is 0 Å². The Balaban J connectivity index is 2.79. The van der Waals surface area contributed by atoms with Crippen LogP contribution >= 0.6 is 0 Å². The maximum Gasteiger partial charge on any atom is 0.233 e. The predicted octanol–water partition coefficient (Wildman–Crippen LogP) is 1.92. The molecule has 0 saturated carbocycles. The van der Waals surface area contributed by atoms with Crippen LogP contribution in [0, 0.1) is 13.8 Å². The van der Waals surface area contributed by atoms with Crippen LogP contribution in [0.15, 0.2) is 18.2 Å². The third-order valence-electron chi connectivity index (χ3n) is 3.19. The summed E-state index contributed by atoms with van der Waals surface area (Å²) in [5, 5.41) is 5.82. The Morgan fingerprint density at radius 2 is 1.94 bits per heavy atom. The molecule has 100 valence electrons. The molecular formula is C15H24N2O. The van der Waals surface area contributed by atoms with E-state index < -0.39 is 0 Å². The average Bonchev–Trinajstić information content (AvgIpc) is 2.30. The fourth-order valence-electron chi connectivity index (χ4n) is 2.10. The second-order valence-electron chi connectivity index (χ2n) is 5.51. The van der Waals surface area contributed by atoms with E-state index in [1.165, 1.54) is 16.7 Å². The van der Waals surface area contributed by atoms with E-state index in [4.69, 9.17) is 0 Å². The molecule has 1 aromatic carbocycles. The van der Waals surface area contributed by atoms with Crippen molar-refractivity contribution in [2.45, 2.75) is 33.1 Å². The quantitative estimate of drug-likeness (QED) is 0.836. The van der Waals surface area contributed by atoms with Gasteiger partial charge in [0.15, 0.2) is 0 Å². The number of benzene rings is 1. The Labute approximate surface area is 110 Å². The lowest BCUT2D eigenvalue weighted by Gasteiger charge is -2.28. The van der Waals surface area contributed by atoms with Gasteiger partial charge in [0.1, 0.15) is 0 Å². The summed E-state index contributed by atoms with van der Waals surface area (Å²) in [4.78, 5) is 11.5. The Bertz CT molecular complexity index is 425. The lowest BCUT2D eigenvalue weighted by atomic mass is 9.81. The summed E-state index contributed by atoms with van der Waals surface area (Å²) in [6, 6.07) is 6.47. The molecule has 0 radical (unpaired) electrons. The van der Waals surface area contributed by atoms with Crippen LogP contribution in [0.25, 0.3) is 0 Å². The van der Waals surface area contributed by atoms with Gasteiger partial charge in [-0.1, -0.05) is 37.6 Å². The zero-order valence-electron chi connectivity index (χ0n) is 12.1. The van der Waals surface area contributed by atoms with Gasteiger partial charge >= 0.3 is 0 Å². The SMILES string of the molecule is CNCC(=O)NCC(C)(C)c1cc(C)ccc1C. The van der Waals surface area contributed by atoms with Crippen molar-refractivity contribution in [2.75, 3.05) is 20.1 Å². The first kappa shape index (κ1) is 14.7. The number of hydrogen-bond donors (Lipinski definition) is 2. The summed E-state index contributed by atoms with van der Waals surface area (Å²) < 4.78 is 0. The van der Waals surface area contributed by atoms with Gasteiger partial charge in [0, 0.05) is 12.0 Å². The van der Waals surface area contributed by atoms with Crippen molar-refractivity contribution in [3.05, 3.63) is 34.9 Å². The first-order valence-electron chi connectivity index (χ1n) is 6.36. The summed E-state index contributed by atoms with van der Waals surface area (Å²) in [5.41, 5.74) is 3.77. The fraction of sp³-hybridized carbons (Fsp3) is 0.533. The van der Waals surface area contributed by atoms with Crippen LogP contribution in [0.1, 0.15) is 30.5 Å². The molecule has 0 bridgehead atoms. The molecule has 0 aliphatic heterocycles. The van der Waals surface area contributed by atoms with Crippen LogP contribution in [0.3, 0.4) is 0 Å². The van der Waals surface area contributed by atoms with E-state index in [9.17, 15) is 4.79 Å². The number of carbonyl (C=O) groups excluding carboxylic acids is 1. The van der Waals surface area contributed by atoms with Crippen LogP contribution in [-0.2, 0) is 10.2 Å². The summed E-state index contributed by atoms with van der Waals surface area (Å²) in [6.45, 7) is 9.55. The van der Waals surface area contributed by atoms with E-state index >= 15 is 0 Å². The number of carbonyl (C=O) groups is 1. The normalized spacial score (nSPS) is 11.4. The third-order valence-corrected chi connectivity index (χ3v) is 3.19. The Hall–Kier alpha value is -1.35. The highest BCUT2D eigenvalue weighted by atomic mass is 16.1. The van der Waals surface area contributed by atoms with Gasteiger partial charge in [0.25, 0.3) is 0 Å². The van der Waals surface area contributed by atoms with E-state index in [-0.39, 0.29) is 11.3 Å². The first-order valence-corrected chi connectivity index (χ1v) is 6.36. The lowest BCUT2D eigenvalue weighted by Crippen LogP contribution is -2.40. The molecule has 3 nitrogen and oxygen atoms in total. The van der Waals surface area contributed by atoms with Gasteiger partial charge in [-0.25, -0.2) is 0 Å². The second kappa shape index (κ2) is 6.01. The molecule has 1 rings (SSSR count). The van der Waals surface area contributed by atoms with Gasteiger partial charge in [-0.15, -0.1) is 0 Å². The molecule has 2 N–H and O–H groups in total. The standard InChI is InChI=1S/C15H24N2O/c1-11-6-7-12(2)13(8-11)15(3,4)10-17-14(18)9-16-5/h6-8,16H,9-10H2,1-5H3,(H,17,18). The molecule has 0 unspecified atom stereocenters. The van der Waals surface area contributed by atoms with E-state index in [1.807, 2.05) is 0 Å². The van der Waals surface area contributed by atoms with Crippen LogP contribution in [0.2, 0.25) is 0 Å². The van der Waals surface area contributed by atoms with E-state index in [1.54, 1.807) is 7.05 Å². The molecule has 0 fully saturated rings. The van der Waals surface area contributed by atoms with Gasteiger partial charge in [0.05, 0.1) is 6.54 Å². The highest BCUT2D eigenvalue weighted by Crippen LogP contribution is 2.26. The van der Waals surface area contributed by atoms with Crippen molar-refractivity contribution < 1.29 is 4.79 Å². The molecule has 0 heterocycles. The molecule has 3 heteroatoms. The maximum atomic E-state index is 11.5. The van der Waals surface area contributed by atoms with E-state index in [2.05, 4.69) is 56.5 Å². The van der Waals surface area contributed by atoms with Crippen LogP contribution < -0.4 is 10.6 Å². The van der Waals surface area contributed by atoms with Crippen LogP contribution in [-0.4, -0.2) is 26.0 Å². The first-order chi connectivity index (χ1) is 8.36. The zero-order chi connectivity index (χ0) is 13.8. The van der Waals surface area contributed by atoms with Crippen LogP contribution in [0.4, 0.5) is 0 Å². The number of likely N-dealkylation sites (N-methyl/N-ethyl adjacent to an activating group) is 1. The van der Waals surface area contributed by atoms with Gasteiger partial charge in [-0.3, -0.25) is 4.79 Å². The molecule has 0 atom stereocenters. The van der Waals surface area contributed by atoms with Crippen molar-refractivity contribution in [2.24, 2.45) is 0 Å². The second-order valence-corrected chi connectivity index (χ2v) is 5.51. The molecule has 18 heavy (non-hydrogen) atoms. The summed E-state index contributed by atoms with van der Waals surface area (Å²) in [6.07, 6.45) is 0. The minimum absolute atomic E-state index is 0.0379. The number of nitrogens with one attached hydrogen (secondary N) is 2. The minimum Gasteiger partial charge on any atom is -0.354 e. The van der Waals surface area contributed by atoms with E-state index in [0.29, 0.717) is 13.1 Å². The molecule has 1 aromatic rings. The van der Waals surface area contributed by atoms with Crippen molar-refractivity contribution >= 4 is 5.91 Å². The largest absolute Gasteiger partial charge is 0.354 e. The van der Waals surface area contributed by atoms with Crippen molar-refractivity contribution in [1.82, 2.24) is 10.6 Å². The van der Waals surface area contributed by atoms with Gasteiger partial charge in [0.2, 0.25) is 5.91 Å². The Kier molecular flexibility index (Phi) is 4.91. The highest BCUT2D eigenvalue weighted by molar-refractivity contribution is 5.78. The number of rotatable bonds is 5. The molecular weight excluding hydrogens is 224 g/mol. The zero-order valence-corrected chi connectivity index (χ0v) is 12.1. The van der Waals surface area contributed by atoms with Crippen molar-refractivity contribution in [1.29, 1.82) is 0 Å². The fourth-order valence-corrected chi connectivity index (χ4v) is 2.10. The number of hydrogen-bond acceptors (Lipinski definition) is 2. The van der Waals surface area contributed by atoms with Crippen LogP contribution in [0.5, 0.6) is 0 Å². The molecule has 0 saturated heterocycles. The molecule has 0 spiro atoms. The molecule has 1 amide bonds. The Morgan fingerprint density at radius 3 is 2.56 bits per heavy atom. The topological polar surface area (TPSA) is 41.1 Å². The number of amides is 1. The molecule has 0 aliphatic carbocycles. The molecule has 0 aliphatic rings. The van der Waals surface area contributed by atoms with Gasteiger partial charge in [-0.2, -0.15) is 0 Å². The van der Waals surface area contributed by atoms with Gasteiger partial charge < -0.3 is 10.6 Å². The predicted molar refractivity (Wildman–Crippen MR) is 75.9 cm³/mol. The summed E-state index contributed by atoms with van der Waals surface area (Å²) in [5.74, 6) is 0.0379. The van der Waals surface area contributed by atoms with Gasteiger partial charge in [-0.05, 0) is 32.0 Å². The third kappa shape index (κ3) is 3.84. The van der Waals surface area contributed by atoms with E-state index in [0.717, 1.165) is 0 Å².